The predicted molar refractivity (Wildman–Crippen MR) is 108 cm³/mol. The molecule has 0 amide bonds. The van der Waals surface area contributed by atoms with E-state index in [-0.39, 0.29) is 0 Å². The molecule has 0 spiro atoms. The van der Waals surface area contributed by atoms with Crippen LogP contribution in [0.5, 0.6) is 0 Å². The Bertz CT molecular complexity index is 918. The molecule has 0 saturated heterocycles. The third-order valence-corrected chi connectivity index (χ3v) is 4.30. The number of hydrogen-bond acceptors (Lipinski definition) is 1. The number of hydrogen-bond donors (Lipinski definition) is 1. The van der Waals surface area contributed by atoms with E-state index in [1.807, 2.05) is 6.08 Å². The summed E-state index contributed by atoms with van der Waals surface area (Å²) < 4.78 is 0. The van der Waals surface area contributed by atoms with Crippen LogP contribution in [0.1, 0.15) is 29.7 Å². The quantitative estimate of drug-likeness (QED) is 0.633. The Morgan fingerprint density at radius 2 is 1.72 bits per heavy atom. The zero-order valence-electron chi connectivity index (χ0n) is 14.8. The summed E-state index contributed by atoms with van der Waals surface area (Å²) in [5, 5.41) is 6.14. The molecule has 0 radical (unpaired) electrons. The van der Waals surface area contributed by atoms with Gasteiger partial charge in [0.05, 0.1) is 0 Å². The van der Waals surface area contributed by atoms with E-state index >= 15 is 0 Å². The zero-order chi connectivity index (χ0) is 17.5. The van der Waals surface area contributed by atoms with E-state index in [1.54, 1.807) is 0 Å². The molecule has 0 aliphatic carbocycles. The number of fused-ring (bicyclic) bond motifs is 1. The van der Waals surface area contributed by atoms with Gasteiger partial charge in [-0.25, -0.2) is 0 Å². The molecule has 0 unspecified atom stereocenters. The first kappa shape index (κ1) is 17.0. The van der Waals surface area contributed by atoms with Gasteiger partial charge >= 0.3 is 0 Å². The Labute approximate surface area is 150 Å². The lowest BCUT2D eigenvalue weighted by molar-refractivity contribution is 0.621. The third-order valence-electron chi connectivity index (χ3n) is 4.30. The Kier molecular flexibility index (Phi) is 5.67. The highest BCUT2D eigenvalue weighted by atomic mass is 14.9. The maximum Gasteiger partial charge on any atom is 0.0300 e. The zero-order valence-corrected chi connectivity index (χ0v) is 14.8. The summed E-state index contributed by atoms with van der Waals surface area (Å²) in [5.74, 6) is 6.24. The number of nitrogens with one attached hydrogen (secondary N) is 1. The molecule has 1 N–H and O–H groups in total. The minimum absolute atomic E-state index is 0.292. The van der Waals surface area contributed by atoms with Gasteiger partial charge in [0.25, 0.3) is 0 Å². The molecule has 1 nitrogen and oxygen atoms in total. The van der Waals surface area contributed by atoms with Crippen molar-refractivity contribution in [2.75, 3.05) is 6.54 Å². The molecule has 25 heavy (non-hydrogen) atoms. The van der Waals surface area contributed by atoms with Gasteiger partial charge in [-0.15, -0.1) is 0 Å². The summed E-state index contributed by atoms with van der Waals surface area (Å²) in [4.78, 5) is 0. The lowest BCUT2D eigenvalue weighted by atomic mass is 10.00. The molecule has 3 aromatic carbocycles. The van der Waals surface area contributed by atoms with Gasteiger partial charge in [-0.2, -0.15) is 0 Å². The normalized spacial score (nSPS) is 12.1. The minimum atomic E-state index is 0.292. The van der Waals surface area contributed by atoms with Crippen LogP contribution in [-0.4, -0.2) is 6.54 Å². The topological polar surface area (TPSA) is 12.0 Å². The Hall–Kier alpha value is -2.82. The average Bonchev–Trinajstić information content (AvgIpc) is 2.65. The average molecular weight is 325 g/mol. The first-order chi connectivity index (χ1) is 12.2. The highest BCUT2D eigenvalue weighted by Gasteiger charge is 2.07. The molecule has 0 heterocycles. The van der Waals surface area contributed by atoms with Crippen LogP contribution in [-0.2, 0) is 0 Å². The Morgan fingerprint density at radius 1 is 0.960 bits per heavy atom. The molecule has 1 atom stereocenters. The number of benzene rings is 3. The largest absolute Gasteiger partial charge is 0.307 e. The van der Waals surface area contributed by atoms with Crippen molar-refractivity contribution in [1.29, 1.82) is 0 Å². The molecule has 0 fully saturated rings. The monoisotopic (exact) mass is 325 g/mol. The van der Waals surface area contributed by atoms with E-state index in [2.05, 4.69) is 104 Å². The van der Waals surface area contributed by atoms with Gasteiger partial charge in [0.1, 0.15) is 0 Å². The maximum atomic E-state index is 3.54. The Balaban J connectivity index is 1.57. The molecular weight excluding hydrogens is 302 g/mol. The van der Waals surface area contributed by atoms with Gasteiger partial charge < -0.3 is 5.32 Å². The van der Waals surface area contributed by atoms with E-state index in [1.165, 1.54) is 21.9 Å². The fraction of sp³-hybridized carbons (Fsp3) is 0.167. The molecule has 3 rings (SSSR count). The Morgan fingerprint density at radius 3 is 2.56 bits per heavy atom. The van der Waals surface area contributed by atoms with E-state index in [9.17, 15) is 0 Å². The van der Waals surface area contributed by atoms with Crippen LogP contribution in [0.4, 0.5) is 0 Å². The van der Waals surface area contributed by atoms with Crippen LogP contribution in [0.15, 0.2) is 78.9 Å². The van der Waals surface area contributed by atoms with Crippen LogP contribution in [0.3, 0.4) is 0 Å². The van der Waals surface area contributed by atoms with Gasteiger partial charge in [0, 0.05) is 18.2 Å². The van der Waals surface area contributed by atoms with E-state index in [0.717, 1.165) is 12.1 Å². The summed E-state index contributed by atoms with van der Waals surface area (Å²) in [6.45, 7) is 5.08. The molecule has 0 aromatic heterocycles. The van der Waals surface area contributed by atoms with Crippen molar-refractivity contribution in [2.45, 2.75) is 19.9 Å². The maximum absolute atomic E-state index is 3.54. The highest BCUT2D eigenvalue weighted by Crippen LogP contribution is 2.23. The summed E-state index contributed by atoms with van der Waals surface area (Å²) in [6, 6.07) is 23.6. The third kappa shape index (κ3) is 4.59. The predicted octanol–water partition coefficient (Wildman–Crippen LogP) is 5.41. The van der Waals surface area contributed by atoms with E-state index in [0.29, 0.717) is 6.04 Å². The summed E-state index contributed by atoms with van der Waals surface area (Å²) in [7, 11) is 0. The summed E-state index contributed by atoms with van der Waals surface area (Å²) >= 11 is 0. The van der Waals surface area contributed by atoms with Crippen molar-refractivity contribution < 1.29 is 0 Å². The van der Waals surface area contributed by atoms with E-state index in [4.69, 9.17) is 0 Å². The fourth-order valence-electron chi connectivity index (χ4n) is 2.86. The van der Waals surface area contributed by atoms with Crippen molar-refractivity contribution in [3.63, 3.8) is 0 Å². The van der Waals surface area contributed by atoms with Crippen molar-refractivity contribution >= 4 is 10.8 Å². The first-order valence-corrected chi connectivity index (χ1v) is 8.68. The lowest BCUT2D eigenvalue weighted by Crippen LogP contribution is -2.18. The van der Waals surface area contributed by atoms with Crippen molar-refractivity contribution in [3.8, 4) is 11.8 Å². The van der Waals surface area contributed by atoms with Crippen molar-refractivity contribution in [2.24, 2.45) is 0 Å². The SMILES string of the molecule is Cc1ccc(C#C/C=C/CN[C@H](C)c2cccc3ccccc23)cc1. The van der Waals surface area contributed by atoms with Crippen molar-refractivity contribution in [3.05, 3.63) is 95.6 Å². The molecule has 0 aliphatic heterocycles. The standard InChI is InChI=1S/C24H23N/c1-19-14-16-21(17-15-19)9-4-3-7-18-25-20(2)23-13-8-11-22-10-5-6-12-24(22)23/h3,5-8,10-17,20,25H,18H2,1-2H3/b7-3+/t20-/m1/s1. The number of rotatable bonds is 4. The molecule has 1 heteroatoms. The van der Waals surface area contributed by atoms with Gasteiger partial charge in [-0.3, -0.25) is 0 Å². The highest BCUT2D eigenvalue weighted by molar-refractivity contribution is 5.86. The minimum Gasteiger partial charge on any atom is -0.307 e. The summed E-state index contributed by atoms with van der Waals surface area (Å²) in [5.41, 5.74) is 3.64. The molecule has 0 bridgehead atoms. The second-order valence-corrected chi connectivity index (χ2v) is 6.24. The second kappa shape index (κ2) is 8.33. The van der Waals surface area contributed by atoms with Crippen LogP contribution in [0.2, 0.25) is 0 Å². The fourth-order valence-corrected chi connectivity index (χ4v) is 2.86. The molecule has 0 aliphatic rings. The van der Waals surface area contributed by atoms with Gasteiger partial charge in [0.15, 0.2) is 0 Å². The lowest BCUT2D eigenvalue weighted by Gasteiger charge is -2.15. The van der Waals surface area contributed by atoms with E-state index < -0.39 is 0 Å². The number of aryl methyl sites for hydroxylation is 1. The van der Waals surface area contributed by atoms with Crippen LogP contribution in [0.25, 0.3) is 10.8 Å². The molecule has 124 valence electrons. The van der Waals surface area contributed by atoms with Crippen LogP contribution < -0.4 is 5.32 Å². The summed E-state index contributed by atoms with van der Waals surface area (Å²) in [6.07, 6.45) is 3.99. The van der Waals surface area contributed by atoms with Gasteiger partial charge in [-0.05, 0) is 48.4 Å². The van der Waals surface area contributed by atoms with Crippen LogP contribution >= 0.6 is 0 Å². The van der Waals surface area contributed by atoms with Gasteiger partial charge in [-0.1, -0.05) is 78.1 Å². The molecular formula is C24H23N. The smallest absolute Gasteiger partial charge is 0.0300 e. The second-order valence-electron chi connectivity index (χ2n) is 6.24. The van der Waals surface area contributed by atoms with Gasteiger partial charge in [0.2, 0.25) is 0 Å². The molecule has 0 saturated carbocycles. The molecule has 3 aromatic rings. The van der Waals surface area contributed by atoms with Crippen LogP contribution in [0, 0.1) is 18.8 Å². The number of allylic oxidation sites excluding steroid dienone is 1. The first-order valence-electron chi connectivity index (χ1n) is 8.68. The van der Waals surface area contributed by atoms with Crippen molar-refractivity contribution in [1.82, 2.24) is 5.32 Å².